The van der Waals surface area contributed by atoms with Crippen LogP contribution in [-0.2, 0) is 4.74 Å². The van der Waals surface area contributed by atoms with Gasteiger partial charge in [-0.1, -0.05) is 52.3 Å². The Labute approximate surface area is 124 Å². The fraction of sp³-hybridized carbons (Fsp3) is 0.778. The van der Waals surface area contributed by atoms with Gasteiger partial charge in [-0.05, 0) is 44.4 Å². The van der Waals surface area contributed by atoms with E-state index in [1.54, 1.807) is 0 Å². The van der Waals surface area contributed by atoms with Gasteiger partial charge in [0.15, 0.2) is 6.29 Å². The number of ether oxygens (including phenoxy) is 1. The monoisotopic (exact) mass is 280 g/mol. The van der Waals surface area contributed by atoms with Crippen LogP contribution in [0.25, 0.3) is 0 Å². The first-order valence-electron chi connectivity index (χ1n) is 7.81. The van der Waals surface area contributed by atoms with Crippen molar-refractivity contribution >= 4 is 0 Å². The first kappa shape index (κ1) is 17.5. The Bertz CT molecular complexity index is 371. The topological polar surface area (TPSA) is 29.5 Å². The number of hydrogen-bond acceptors (Lipinski definition) is 2. The van der Waals surface area contributed by atoms with E-state index < -0.39 is 6.29 Å². The smallest absolute Gasteiger partial charge is 0.181 e. The molecular weight excluding hydrogens is 248 g/mol. The first-order chi connectivity index (χ1) is 9.07. The van der Waals surface area contributed by atoms with Crippen molar-refractivity contribution in [1.29, 1.82) is 0 Å². The summed E-state index contributed by atoms with van der Waals surface area (Å²) >= 11 is 0. The summed E-state index contributed by atoms with van der Waals surface area (Å²) in [6.07, 6.45) is 7.76. The Balaban J connectivity index is 2.65. The quantitative estimate of drug-likeness (QED) is 0.740. The van der Waals surface area contributed by atoms with Crippen molar-refractivity contribution in [2.75, 3.05) is 0 Å². The summed E-state index contributed by atoms with van der Waals surface area (Å²) in [5.74, 6) is 1.18. The van der Waals surface area contributed by atoms with Gasteiger partial charge in [0, 0.05) is 5.57 Å². The minimum Gasteiger partial charge on any atom is -0.364 e. The zero-order chi connectivity index (χ0) is 15.6. The predicted molar refractivity (Wildman–Crippen MR) is 85.4 cm³/mol. The molecule has 0 aromatic rings. The summed E-state index contributed by atoms with van der Waals surface area (Å²) in [6, 6.07) is 0. The molecule has 3 atom stereocenters. The zero-order valence-corrected chi connectivity index (χ0v) is 14.2. The molecule has 0 amide bonds. The van der Waals surface area contributed by atoms with E-state index in [0.29, 0.717) is 17.3 Å². The van der Waals surface area contributed by atoms with E-state index >= 15 is 0 Å². The highest BCUT2D eigenvalue weighted by Gasteiger charge is 2.30. The molecule has 0 fully saturated rings. The van der Waals surface area contributed by atoms with Gasteiger partial charge in [0.2, 0.25) is 0 Å². The van der Waals surface area contributed by atoms with Crippen LogP contribution in [0.1, 0.15) is 61.3 Å². The van der Waals surface area contributed by atoms with Crippen LogP contribution in [0.4, 0.5) is 0 Å². The number of aliphatic hydroxyl groups excluding tert-OH is 1. The van der Waals surface area contributed by atoms with Crippen LogP contribution in [0, 0.1) is 17.3 Å². The van der Waals surface area contributed by atoms with Crippen molar-refractivity contribution in [1.82, 2.24) is 0 Å². The van der Waals surface area contributed by atoms with Gasteiger partial charge >= 0.3 is 0 Å². The van der Waals surface area contributed by atoms with Gasteiger partial charge in [-0.3, -0.25) is 0 Å². The molecule has 0 bridgehead atoms. The van der Waals surface area contributed by atoms with Crippen molar-refractivity contribution in [3.8, 4) is 0 Å². The Morgan fingerprint density at radius 1 is 1.30 bits per heavy atom. The lowest BCUT2D eigenvalue weighted by Gasteiger charge is -2.36. The van der Waals surface area contributed by atoms with Crippen LogP contribution in [0.15, 0.2) is 23.8 Å². The van der Waals surface area contributed by atoms with Crippen LogP contribution >= 0.6 is 0 Å². The van der Waals surface area contributed by atoms with E-state index in [9.17, 15) is 5.11 Å². The summed E-state index contributed by atoms with van der Waals surface area (Å²) in [5.41, 5.74) is 0.904. The summed E-state index contributed by atoms with van der Waals surface area (Å²) in [4.78, 5) is 0. The normalized spacial score (nSPS) is 23.4. The lowest BCUT2D eigenvalue weighted by atomic mass is 9.69. The maximum atomic E-state index is 10.1. The van der Waals surface area contributed by atoms with Crippen LogP contribution < -0.4 is 0 Å². The fourth-order valence-electron chi connectivity index (χ4n) is 2.51. The van der Waals surface area contributed by atoms with Gasteiger partial charge in [0.25, 0.3) is 0 Å². The van der Waals surface area contributed by atoms with Crippen molar-refractivity contribution in [3.05, 3.63) is 23.8 Å². The van der Waals surface area contributed by atoms with Crippen molar-refractivity contribution in [3.63, 3.8) is 0 Å². The van der Waals surface area contributed by atoms with Crippen LogP contribution in [-0.4, -0.2) is 17.0 Å². The van der Waals surface area contributed by atoms with Crippen LogP contribution in [0.2, 0.25) is 0 Å². The lowest BCUT2D eigenvalue weighted by Crippen LogP contribution is -2.30. The second-order valence-corrected chi connectivity index (χ2v) is 7.68. The summed E-state index contributed by atoms with van der Waals surface area (Å²) in [5, 5.41) is 10.1. The standard InChI is InChI=1S/C18H32O2/c1-8-18(6,7)13(2)14-9-11-15(12-10-14)16(19)20-17(3,4)5/h9,11-14,16,19H,8,10H2,1-7H3/t13?,14?,16-/m1/s1. The molecule has 0 aromatic carbocycles. The largest absolute Gasteiger partial charge is 0.364 e. The average Bonchev–Trinajstić information content (AvgIpc) is 2.36. The van der Waals surface area contributed by atoms with Gasteiger partial charge < -0.3 is 9.84 Å². The van der Waals surface area contributed by atoms with Gasteiger partial charge in [0.05, 0.1) is 5.60 Å². The number of aliphatic hydroxyl groups is 1. The summed E-state index contributed by atoms with van der Waals surface area (Å²) < 4.78 is 5.60. The van der Waals surface area contributed by atoms with Crippen molar-refractivity contribution < 1.29 is 9.84 Å². The highest BCUT2D eigenvalue weighted by molar-refractivity contribution is 5.26. The highest BCUT2D eigenvalue weighted by atomic mass is 16.6. The summed E-state index contributed by atoms with van der Waals surface area (Å²) in [6.45, 7) is 15.1. The van der Waals surface area contributed by atoms with Crippen molar-refractivity contribution in [2.24, 2.45) is 17.3 Å². The summed E-state index contributed by atoms with van der Waals surface area (Å²) in [7, 11) is 0. The molecule has 0 spiro atoms. The molecule has 0 radical (unpaired) electrons. The Morgan fingerprint density at radius 3 is 2.30 bits per heavy atom. The minimum absolute atomic E-state index is 0.331. The molecule has 0 aliphatic heterocycles. The van der Waals surface area contributed by atoms with Gasteiger partial charge in [-0.15, -0.1) is 0 Å². The first-order valence-corrected chi connectivity index (χ1v) is 7.81. The van der Waals surface area contributed by atoms with Crippen LogP contribution in [0.3, 0.4) is 0 Å². The third-order valence-corrected chi connectivity index (χ3v) is 4.70. The van der Waals surface area contributed by atoms with Gasteiger partial charge in [-0.25, -0.2) is 0 Å². The highest BCUT2D eigenvalue weighted by Crippen LogP contribution is 2.39. The molecule has 2 nitrogen and oxygen atoms in total. The van der Waals surface area contributed by atoms with E-state index in [-0.39, 0.29) is 5.60 Å². The molecule has 20 heavy (non-hydrogen) atoms. The molecule has 1 N–H and O–H groups in total. The lowest BCUT2D eigenvalue weighted by molar-refractivity contribution is -0.142. The molecule has 0 aromatic heterocycles. The molecule has 0 heterocycles. The fourth-order valence-corrected chi connectivity index (χ4v) is 2.51. The maximum absolute atomic E-state index is 10.1. The SMILES string of the molecule is CCC(C)(C)C(C)C1C=CC([C@H](O)OC(C)(C)C)=CC1. The van der Waals surface area contributed by atoms with Crippen LogP contribution in [0.5, 0.6) is 0 Å². The Kier molecular flexibility index (Phi) is 5.62. The maximum Gasteiger partial charge on any atom is 0.181 e. The Morgan fingerprint density at radius 2 is 1.90 bits per heavy atom. The van der Waals surface area contributed by atoms with E-state index in [2.05, 4.69) is 39.8 Å². The minimum atomic E-state index is -0.818. The number of hydrogen-bond donors (Lipinski definition) is 1. The molecule has 1 rings (SSSR count). The van der Waals surface area contributed by atoms with E-state index in [4.69, 9.17) is 4.74 Å². The molecule has 116 valence electrons. The van der Waals surface area contributed by atoms with Gasteiger partial charge in [0.1, 0.15) is 0 Å². The third-order valence-electron chi connectivity index (χ3n) is 4.70. The molecule has 1 aliphatic rings. The molecule has 2 heteroatoms. The predicted octanol–water partition coefficient (Wildman–Crippen LogP) is 4.69. The molecule has 0 saturated carbocycles. The average molecular weight is 280 g/mol. The third kappa shape index (κ3) is 4.75. The molecule has 1 aliphatic carbocycles. The van der Waals surface area contributed by atoms with E-state index in [1.807, 2.05) is 26.8 Å². The zero-order valence-electron chi connectivity index (χ0n) is 14.2. The second-order valence-electron chi connectivity index (χ2n) is 7.68. The van der Waals surface area contributed by atoms with Gasteiger partial charge in [-0.2, -0.15) is 0 Å². The number of allylic oxidation sites excluding steroid dienone is 2. The van der Waals surface area contributed by atoms with E-state index in [1.165, 1.54) is 6.42 Å². The molecule has 2 unspecified atom stereocenters. The van der Waals surface area contributed by atoms with Crippen molar-refractivity contribution in [2.45, 2.75) is 73.2 Å². The second kappa shape index (κ2) is 6.44. The molecule has 0 saturated heterocycles. The molecular formula is C18H32O2. The van der Waals surface area contributed by atoms with E-state index in [0.717, 1.165) is 12.0 Å². The Hall–Kier alpha value is -0.600. The number of rotatable bonds is 5.